The Morgan fingerprint density at radius 3 is 2.50 bits per heavy atom. The van der Waals surface area contributed by atoms with Crippen molar-refractivity contribution in [1.29, 1.82) is 0 Å². The second-order valence-electron chi connectivity index (χ2n) is 7.47. The number of nitrogens with zero attached hydrogens (tertiary/aromatic N) is 1. The number of amides is 2. The van der Waals surface area contributed by atoms with Crippen molar-refractivity contribution in [3.8, 4) is 17.2 Å². The molecule has 1 saturated heterocycles. The van der Waals surface area contributed by atoms with Crippen molar-refractivity contribution in [1.82, 2.24) is 14.9 Å². The predicted molar refractivity (Wildman–Crippen MR) is 109 cm³/mol. The van der Waals surface area contributed by atoms with Gasteiger partial charge in [0.25, 0.3) is 0 Å². The summed E-state index contributed by atoms with van der Waals surface area (Å²) in [5, 5.41) is 2.64. The van der Waals surface area contributed by atoms with E-state index in [0.29, 0.717) is 12.2 Å². The van der Waals surface area contributed by atoms with E-state index in [1.165, 1.54) is 23.1 Å². The van der Waals surface area contributed by atoms with Crippen LogP contribution in [0.1, 0.15) is 11.1 Å². The predicted octanol–water partition coefficient (Wildman–Crippen LogP) is 1.99. The van der Waals surface area contributed by atoms with Gasteiger partial charge in [0.1, 0.15) is 5.75 Å². The highest BCUT2D eigenvalue weighted by Crippen LogP contribution is 2.44. The third kappa shape index (κ3) is 4.28. The lowest BCUT2D eigenvalue weighted by Crippen LogP contribution is -2.57. The number of nitrogens with one attached hydrogen (secondary N) is 2. The molecule has 0 bridgehead atoms. The number of fused-ring (bicyclic) bond motifs is 1. The molecule has 12 heteroatoms. The summed E-state index contributed by atoms with van der Waals surface area (Å²) in [6.07, 6.45) is -2.45. The first kappa shape index (κ1) is 22.1. The third-order valence-corrected chi connectivity index (χ3v) is 5.93. The van der Waals surface area contributed by atoms with Gasteiger partial charge in [-0.2, -0.15) is 4.72 Å². The largest absolute Gasteiger partial charge is 0.586 e. The number of rotatable bonds is 7. The molecule has 0 saturated carbocycles. The number of benzene rings is 2. The van der Waals surface area contributed by atoms with E-state index in [4.69, 9.17) is 4.74 Å². The van der Waals surface area contributed by atoms with Crippen molar-refractivity contribution in [2.75, 3.05) is 26.5 Å². The molecule has 2 aromatic rings. The average Bonchev–Trinajstić information content (AvgIpc) is 3.20. The molecule has 2 heterocycles. The molecule has 172 valence electrons. The monoisotopic (exact) mass is 469 g/mol. The highest BCUT2D eigenvalue weighted by atomic mass is 32.2. The number of hydrogen-bond donors (Lipinski definition) is 2. The Bertz CT molecular complexity index is 1140. The number of hydrogen-bond acceptors (Lipinski definition) is 6. The minimum atomic E-state index is -3.82. The molecule has 1 atom stereocenters. The van der Waals surface area contributed by atoms with Crippen molar-refractivity contribution in [2.24, 2.45) is 0 Å². The summed E-state index contributed by atoms with van der Waals surface area (Å²) < 4.78 is 68.0. The van der Waals surface area contributed by atoms with Crippen LogP contribution >= 0.6 is 0 Å². The molecule has 2 amide bonds. The van der Waals surface area contributed by atoms with Crippen molar-refractivity contribution in [3.63, 3.8) is 0 Å². The maximum absolute atomic E-state index is 13.5. The number of alkyl halides is 2. The Morgan fingerprint density at radius 1 is 1.16 bits per heavy atom. The minimum absolute atomic E-state index is 0.114. The highest BCUT2D eigenvalue weighted by molar-refractivity contribution is 7.88. The molecular weight excluding hydrogens is 448 g/mol. The lowest BCUT2D eigenvalue weighted by atomic mass is 9.98. The van der Waals surface area contributed by atoms with Crippen LogP contribution in [0, 0.1) is 0 Å². The van der Waals surface area contributed by atoms with Crippen LogP contribution in [0.3, 0.4) is 0 Å². The Morgan fingerprint density at radius 2 is 1.84 bits per heavy atom. The van der Waals surface area contributed by atoms with E-state index >= 15 is 0 Å². The van der Waals surface area contributed by atoms with E-state index in [9.17, 15) is 22.0 Å². The van der Waals surface area contributed by atoms with Gasteiger partial charge in [0, 0.05) is 6.54 Å². The van der Waals surface area contributed by atoms with Crippen molar-refractivity contribution in [2.45, 2.75) is 18.4 Å². The van der Waals surface area contributed by atoms with Crippen molar-refractivity contribution >= 4 is 16.1 Å². The number of methoxy groups -OCH3 is 1. The van der Waals surface area contributed by atoms with E-state index in [1.54, 1.807) is 19.2 Å². The second kappa shape index (κ2) is 7.78. The fourth-order valence-electron chi connectivity index (χ4n) is 3.81. The van der Waals surface area contributed by atoms with E-state index in [2.05, 4.69) is 19.5 Å². The summed E-state index contributed by atoms with van der Waals surface area (Å²) in [6, 6.07) is 10.6. The first-order valence-electron chi connectivity index (χ1n) is 9.59. The topological polar surface area (TPSA) is 106 Å². The van der Waals surface area contributed by atoms with Crippen LogP contribution in [0.2, 0.25) is 0 Å². The van der Waals surface area contributed by atoms with E-state index in [-0.39, 0.29) is 30.2 Å². The van der Waals surface area contributed by atoms with E-state index < -0.39 is 28.0 Å². The molecule has 2 aliphatic rings. The SMILES string of the molecule is COc1ccc(CCN2C(=O)NCC2(NS(C)(=O)=O)c2ccc3c(c2)OC(F)(F)O3)cc1. The number of sulfonamides is 1. The fourth-order valence-corrected chi connectivity index (χ4v) is 4.73. The summed E-state index contributed by atoms with van der Waals surface area (Å²) in [6.45, 7) is 0.0306. The second-order valence-corrected chi connectivity index (χ2v) is 9.22. The highest BCUT2D eigenvalue weighted by Gasteiger charge is 2.50. The van der Waals surface area contributed by atoms with Gasteiger partial charge in [-0.15, -0.1) is 8.78 Å². The Hall–Kier alpha value is -3.12. The zero-order chi connectivity index (χ0) is 23.1. The van der Waals surface area contributed by atoms with Gasteiger partial charge in [-0.3, -0.25) is 4.90 Å². The minimum Gasteiger partial charge on any atom is -0.497 e. The summed E-state index contributed by atoms with van der Waals surface area (Å²) in [5.74, 6) is 0.241. The maximum Gasteiger partial charge on any atom is 0.586 e. The van der Waals surface area contributed by atoms with Crippen LogP contribution in [0.4, 0.5) is 13.6 Å². The maximum atomic E-state index is 13.5. The summed E-state index contributed by atoms with van der Waals surface area (Å²) in [4.78, 5) is 14.0. The number of carbonyl (C=O) groups is 1. The molecule has 2 aromatic carbocycles. The molecule has 1 unspecified atom stereocenters. The lowest BCUT2D eigenvalue weighted by Gasteiger charge is -2.37. The van der Waals surface area contributed by atoms with Gasteiger partial charge in [0.15, 0.2) is 17.2 Å². The first-order chi connectivity index (χ1) is 15.0. The normalized spacial score (nSPS) is 21.5. The number of carbonyl (C=O) groups excluding carboxylic acids is 1. The van der Waals surface area contributed by atoms with Crippen LogP contribution in [0.25, 0.3) is 0 Å². The van der Waals surface area contributed by atoms with Crippen molar-refractivity contribution < 1.29 is 36.2 Å². The van der Waals surface area contributed by atoms with Gasteiger partial charge in [-0.05, 0) is 41.8 Å². The molecule has 2 N–H and O–H groups in total. The third-order valence-electron chi connectivity index (χ3n) is 5.22. The van der Waals surface area contributed by atoms with Gasteiger partial charge < -0.3 is 19.5 Å². The van der Waals surface area contributed by atoms with Gasteiger partial charge >= 0.3 is 12.3 Å². The Labute approximate surface area is 183 Å². The van der Waals surface area contributed by atoms with Crippen LogP contribution in [-0.4, -0.2) is 52.1 Å². The molecular formula is C20H21F2N3O6S. The number of ether oxygens (including phenoxy) is 3. The summed E-state index contributed by atoms with van der Waals surface area (Å²) in [5.41, 5.74) is -0.409. The lowest BCUT2D eigenvalue weighted by molar-refractivity contribution is -0.286. The molecule has 9 nitrogen and oxygen atoms in total. The number of urea groups is 1. The standard InChI is InChI=1S/C20H21F2N3O6S/c1-29-15-6-3-13(4-7-15)9-10-25-18(26)23-12-19(25,24-32(2,27)28)14-5-8-16-17(11-14)31-20(21,22)30-16/h3-8,11,24H,9-10,12H2,1-2H3,(H,23,26). The fraction of sp³-hybridized carbons (Fsp3) is 0.350. The molecule has 0 aliphatic carbocycles. The molecule has 0 aromatic heterocycles. The van der Waals surface area contributed by atoms with Gasteiger partial charge in [-0.1, -0.05) is 18.2 Å². The van der Waals surface area contributed by atoms with E-state index in [1.807, 2.05) is 12.1 Å². The Kier molecular flexibility index (Phi) is 5.37. The molecule has 32 heavy (non-hydrogen) atoms. The summed E-state index contributed by atoms with van der Waals surface area (Å²) in [7, 11) is -2.27. The average molecular weight is 469 g/mol. The molecule has 0 radical (unpaired) electrons. The van der Waals surface area contributed by atoms with Gasteiger partial charge in [0.2, 0.25) is 10.0 Å². The van der Waals surface area contributed by atoms with Crippen LogP contribution in [-0.2, 0) is 22.1 Å². The van der Waals surface area contributed by atoms with Crippen LogP contribution < -0.4 is 24.2 Å². The first-order valence-corrected chi connectivity index (χ1v) is 11.5. The summed E-state index contributed by atoms with van der Waals surface area (Å²) >= 11 is 0. The van der Waals surface area contributed by atoms with Gasteiger partial charge in [-0.25, -0.2) is 13.2 Å². The number of halogens is 2. The van der Waals surface area contributed by atoms with Crippen molar-refractivity contribution in [3.05, 3.63) is 53.6 Å². The van der Waals surface area contributed by atoms with Crippen LogP contribution in [0.5, 0.6) is 17.2 Å². The van der Waals surface area contributed by atoms with Crippen LogP contribution in [0.15, 0.2) is 42.5 Å². The molecule has 4 rings (SSSR count). The Balaban J connectivity index is 1.68. The van der Waals surface area contributed by atoms with Gasteiger partial charge in [0.05, 0.1) is 19.9 Å². The zero-order valence-corrected chi connectivity index (χ0v) is 18.0. The smallest absolute Gasteiger partial charge is 0.497 e. The zero-order valence-electron chi connectivity index (χ0n) is 17.2. The van der Waals surface area contributed by atoms with E-state index in [0.717, 1.165) is 11.8 Å². The molecule has 2 aliphatic heterocycles. The quantitative estimate of drug-likeness (QED) is 0.643. The molecule has 1 fully saturated rings. The molecule has 0 spiro atoms.